The molecule has 0 atom stereocenters. The van der Waals surface area contributed by atoms with Crippen molar-refractivity contribution in [1.29, 1.82) is 0 Å². The molecule has 0 bridgehead atoms. The molecule has 3 aromatic rings. The van der Waals surface area contributed by atoms with E-state index in [0.29, 0.717) is 16.5 Å². The summed E-state index contributed by atoms with van der Waals surface area (Å²) in [5.41, 5.74) is 6.97. The van der Waals surface area contributed by atoms with Gasteiger partial charge in [0.25, 0.3) is 0 Å². The zero-order valence-electron chi connectivity index (χ0n) is 9.88. The van der Waals surface area contributed by atoms with E-state index in [1.165, 1.54) is 0 Å². The maximum atomic E-state index is 5.93. The minimum absolute atomic E-state index is 0.277. The molecule has 1 heterocycles. The maximum absolute atomic E-state index is 5.93. The van der Waals surface area contributed by atoms with Crippen molar-refractivity contribution in [2.45, 2.75) is 0 Å². The fourth-order valence-corrected chi connectivity index (χ4v) is 1.85. The molecule has 0 aliphatic heterocycles. The van der Waals surface area contributed by atoms with E-state index in [1.807, 2.05) is 24.3 Å². The van der Waals surface area contributed by atoms with Crippen molar-refractivity contribution in [3.63, 3.8) is 0 Å². The average molecular weight is 272 g/mol. The highest BCUT2D eigenvalue weighted by Gasteiger charge is 2.04. The van der Waals surface area contributed by atoms with Gasteiger partial charge in [0.1, 0.15) is 5.75 Å². The molecule has 1 aromatic heterocycles. The van der Waals surface area contributed by atoms with Gasteiger partial charge < -0.3 is 10.5 Å². The van der Waals surface area contributed by atoms with Crippen LogP contribution in [0.3, 0.4) is 0 Å². The summed E-state index contributed by atoms with van der Waals surface area (Å²) in [6.45, 7) is 0. The van der Waals surface area contributed by atoms with Crippen LogP contribution in [0, 0.1) is 0 Å². The second kappa shape index (κ2) is 4.74. The Morgan fingerprint density at radius 2 is 1.95 bits per heavy atom. The van der Waals surface area contributed by atoms with E-state index in [9.17, 15) is 0 Å². The monoisotopic (exact) mass is 271 g/mol. The average Bonchev–Trinajstić information content (AvgIpc) is 2.43. The van der Waals surface area contributed by atoms with Gasteiger partial charge in [0.2, 0.25) is 0 Å². The smallest absolute Gasteiger partial charge is 0.322 e. The number of nitrogens with zero attached hydrogens (tertiary/aromatic N) is 2. The van der Waals surface area contributed by atoms with Crippen LogP contribution >= 0.6 is 11.6 Å². The van der Waals surface area contributed by atoms with E-state index in [1.54, 1.807) is 24.4 Å². The van der Waals surface area contributed by atoms with E-state index < -0.39 is 0 Å². The van der Waals surface area contributed by atoms with Crippen molar-refractivity contribution in [3.05, 3.63) is 53.7 Å². The number of benzene rings is 2. The first-order valence-corrected chi connectivity index (χ1v) is 6.05. The summed E-state index contributed by atoms with van der Waals surface area (Å²) in [5, 5.41) is 1.41. The summed E-state index contributed by atoms with van der Waals surface area (Å²) in [4.78, 5) is 8.46. The highest BCUT2D eigenvalue weighted by Crippen LogP contribution is 2.27. The van der Waals surface area contributed by atoms with Crippen LogP contribution in [0.2, 0.25) is 5.02 Å². The van der Waals surface area contributed by atoms with Gasteiger partial charge >= 0.3 is 6.01 Å². The molecule has 0 amide bonds. The zero-order chi connectivity index (χ0) is 13.2. The van der Waals surface area contributed by atoms with E-state index in [0.717, 1.165) is 10.9 Å². The molecule has 3 rings (SSSR count). The minimum atomic E-state index is 0.277. The second-order valence-electron chi connectivity index (χ2n) is 4.00. The summed E-state index contributed by atoms with van der Waals surface area (Å²) in [6.07, 6.45) is 1.72. The molecule has 0 saturated carbocycles. The van der Waals surface area contributed by atoms with Gasteiger partial charge in [-0.3, -0.25) is 0 Å². The number of nitrogens with two attached hydrogens (primary N) is 1. The molecule has 0 unspecified atom stereocenters. The lowest BCUT2D eigenvalue weighted by atomic mass is 10.2. The first kappa shape index (κ1) is 11.7. The number of anilines is 1. The van der Waals surface area contributed by atoms with Gasteiger partial charge in [-0.1, -0.05) is 29.8 Å². The van der Waals surface area contributed by atoms with Gasteiger partial charge in [0, 0.05) is 17.6 Å². The normalized spacial score (nSPS) is 10.6. The van der Waals surface area contributed by atoms with Gasteiger partial charge in [-0.25, -0.2) is 4.98 Å². The van der Waals surface area contributed by atoms with E-state index >= 15 is 0 Å². The third-order valence-corrected chi connectivity index (χ3v) is 2.98. The molecule has 19 heavy (non-hydrogen) atoms. The topological polar surface area (TPSA) is 61.0 Å². The molecule has 4 nitrogen and oxygen atoms in total. The number of hydrogen-bond donors (Lipinski definition) is 1. The van der Waals surface area contributed by atoms with E-state index in [-0.39, 0.29) is 6.01 Å². The molecule has 0 aliphatic rings. The Bertz CT molecular complexity index is 746. The Morgan fingerprint density at radius 1 is 1.11 bits per heavy atom. The lowest BCUT2D eigenvalue weighted by Gasteiger charge is -2.06. The largest absolute Gasteiger partial charge is 0.424 e. The number of rotatable bonds is 2. The summed E-state index contributed by atoms with van der Waals surface area (Å²) in [5.74, 6) is 0.550. The molecule has 0 saturated heterocycles. The van der Waals surface area contributed by atoms with Crippen molar-refractivity contribution in [1.82, 2.24) is 9.97 Å². The Labute approximate surface area is 114 Å². The molecule has 2 aromatic carbocycles. The number of ether oxygens (including phenoxy) is 1. The van der Waals surface area contributed by atoms with Crippen molar-refractivity contribution >= 4 is 28.2 Å². The van der Waals surface area contributed by atoms with Gasteiger partial charge in [-0.2, -0.15) is 4.98 Å². The third-order valence-electron chi connectivity index (χ3n) is 2.65. The first-order valence-electron chi connectivity index (χ1n) is 5.67. The number of nitrogen functional groups attached to an aromatic ring is 1. The summed E-state index contributed by atoms with van der Waals surface area (Å²) < 4.78 is 5.56. The molecular formula is C14H10ClN3O. The van der Waals surface area contributed by atoms with Crippen LogP contribution in [0.4, 0.5) is 5.69 Å². The predicted octanol–water partition coefficient (Wildman–Crippen LogP) is 3.66. The van der Waals surface area contributed by atoms with Crippen LogP contribution in [0.1, 0.15) is 0 Å². The summed E-state index contributed by atoms with van der Waals surface area (Å²) >= 11 is 5.93. The first-order chi connectivity index (χ1) is 9.22. The van der Waals surface area contributed by atoms with Crippen LogP contribution < -0.4 is 10.5 Å². The molecule has 0 aliphatic carbocycles. The highest BCUT2D eigenvalue weighted by atomic mass is 35.5. The summed E-state index contributed by atoms with van der Waals surface area (Å²) in [7, 11) is 0. The number of halogens is 1. The van der Waals surface area contributed by atoms with Crippen molar-refractivity contribution in [2.24, 2.45) is 0 Å². The van der Waals surface area contributed by atoms with E-state index in [4.69, 9.17) is 22.1 Å². The van der Waals surface area contributed by atoms with Crippen LogP contribution in [0.15, 0.2) is 48.7 Å². The fourth-order valence-electron chi connectivity index (χ4n) is 1.68. The number of fused-ring (bicyclic) bond motifs is 1. The van der Waals surface area contributed by atoms with E-state index in [2.05, 4.69) is 9.97 Å². The van der Waals surface area contributed by atoms with Gasteiger partial charge in [-0.05, 0) is 18.2 Å². The summed E-state index contributed by atoms with van der Waals surface area (Å²) in [6, 6.07) is 13.0. The Kier molecular flexibility index (Phi) is 2.93. The standard InChI is InChI=1S/C14H10ClN3O/c15-11-7-10(5-6-12(11)16)19-14-17-8-9-3-1-2-4-13(9)18-14/h1-8H,16H2. The second-order valence-corrected chi connectivity index (χ2v) is 4.40. The fraction of sp³-hybridized carbons (Fsp3) is 0. The molecular weight excluding hydrogens is 262 g/mol. The van der Waals surface area contributed by atoms with Crippen molar-refractivity contribution in [3.8, 4) is 11.8 Å². The molecule has 0 spiro atoms. The third kappa shape index (κ3) is 2.44. The number of para-hydroxylation sites is 1. The molecule has 0 fully saturated rings. The van der Waals surface area contributed by atoms with Crippen LogP contribution in [-0.2, 0) is 0 Å². The number of aromatic nitrogens is 2. The van der Waals surface area contributed by atoms with Gasteiger partial charge in [-0.15, -0.1) is 0 Å². The Balaban J connectivity index is 1.94. The predicted molar refractivity (Wildman–Crippen MR) is 75.5 cm³/mol. The maximum Gasteiger partial charge on any atom is 0.322 e. The quantitative estimate of drug-likeness (QED) is 0.723. The van der Waals surface area contributed by atoms with Crippen molar-refractivity contribution < 1.29 is 4.74 Å². The Hall–Kier alpha value is -2.33. The van der Waals surface area contributed by atoms with Crippen molar-refractivity contribution in [2.75, 3.05) is 5.73 Å². The Morgan fingerprint density at radius 3 is 2.79 bits per heavy atom. The minimum Gasteiger partial charge on any atom is -0.424 e. The van der Waals surface area contributed by atoms with Crippen LogP contribution in [-0.4, -0.2) is 9.97 Å². The number of hydrogen-bond acceptors (Lipinski definition) is 4. The van der Waals surface area contributed by atoms with Crippen LogP contribution in [0.25, 0.3) is 10.9 Å². The van der Waals surface area contributed by atoms with Crippen LogP contribution in [0.5, 0.6) is 11.8 Å². The van der Waals surface area contributed by atoms with Gasteiger partial charge in [0.15, 0.2) is 0 Å². The lowest BCUT2D eigenvalue weighted by Crippen LogP contribution is -1.93. The highest BCUT2D eigenvalue weighted by molar-refractivity contribution is 6.33. The molecule has 94 valence electrons. The zero-order valence-corrected chi connectivity index (χ0v) is 10.6. The molecule has 2 N–H and O–H groups in total. The SMILES string of the molecule is Nc1ccc(Oc2ncc3ccccc3n2)cc1Cl. The van der Waals surface area contributed by atoms with Gasteiger partial charge in [0.05, 0.1) is 16.2 Å². The lowest BCUT2D eigenvalue weighted by molar-refractivity contribution is 0.444. The molecule has 5 heteroatoms. The molecule has 0 radical (unpaired) electrons.